The second kappa shape index (κ2) is 9.25. The highest BCUT2D eigenvalue weighted by Gasteiger charge is 2.22. The van der Waals surface area contributed by atoms with E-state index < -0.39 is 36.9 Å². The molecule has 3 N–H and O–H groups in total. The first-order valence-electron chi connectivity index (χ1n) is 8.14. The van der Waals surface area contributed by atoms with Crippen molar-refractivity contribution in [3.63, 3.8) is 0 Å². The van der Waals surface area contributed by atoms with Crippen LogP contribution in [0.4, 0.5) is 8.78 Å². The molecule has 2 amide bonds. The Morgan fingerprint density at radius 3 is 2.27 bits per heavy atom. The molecular weight excluding hydrogens is 350 g/mol. The molecule has 8 nitrogen and oxygen atoms in total. The summed E-state index contributed by atoms with van der Waals surface area (Å²) < 4.78 is 26.1. The normalized spacial score (nSPS) is 12.3. The Labute approximate surface area is 149 Å². The third-order valence-corrected chi connectivity index (χ3v) is 3.78. The van der Waals surface area contributed by atoms with Crippen LogP contribution in [0, 0.1) is 19.8 Å². The number of alkyl halides is 2. The number of nitrogens with one attached hydrogen (secondary N) is 2. The summed E-state index contributed by atoms with van der Waals surface area (Å²) in [6.07, 6.45) is 0.0617. The summed E-state index contributed by atoms with van der Waals surface area (Å²) >= 11 is 0. The molecule has 26 heavy (non-hydrogen) atoms. The molecule has 1 aromatic heterocycles. The fourth-order valence-electron chi connectivity index (χ4n) is 2.48. The van der Waals surface area contributed by atoms with Crippen molar-refractivity contribution in [3.8, 4) is 0 Å². The topological polar surface area (TPSA) is 113 Å². The van der Waals surface area contributed by atoms with E-state index in [2.05, 4.69) is 15.7 Å². The molecule has 0 aliphatic heterocycles. The summed E-state index contributed by atoms with van der Waals surface area (Å²) in [5.74, 6) is -2.26. The number of rotatable bonds is 9. The SMILES string of the molecule is Cc1nn(C(F)F)c(C)c1CC(=O)NCC(=O)N[C@@H](CC(C)C)C(=O)O. The number of amides is 2. The van der Waals surface area contributed by atoms with Gasteiger partial charge in [-0.05, 0) is 26.2 Å². The molecule has 0 fully saturated rings. The van der Waals surface area contributed by atoms with Gasteiger partial charge < -0.3 is 15.7 Å². The molecule has 0 radical (unpaired) electrons. The molecule has 1 atom stereocenters. The van der Waals surface area contributed by atoms with E-state index in [-0.39, 0.29) is 24.5 Å². The first kappa shape index (κ1) is 21.5. The molecule has 0 aliphatic carbocycles. The highest BCUT2D eigenvalue weighted by Crippen LogP contribution is 2.19. The number of carbonyl (C=O) groups excluding carboxylic acids is 2. The van der Waals surface area contributed by atoms with Crippen molar-refractivity contribution in [1.29, 1.82) is 0 Å². The lowest BCUT2D eigenvalue weighted by Gasteiger charge is -2.16. The highest BCUT2D eigenvalue weighted by molar-refractivity contribution is 5.88. The van der Waals surface area contributed by atoms with Gasteiger partial charge >= 0.3 is 12.5 Å². The molecule has 0 aliphatic rings. The minimum Gasteiger partial charge on any atom is -0.480 e. The van der Waals surface area contributed by atoms with Crippen LogP contribution in [0.15, 0.2) is 0 Å². The van der Waals surface area contributed by atoms with Gasteiger partial charge in [0.1, 0.15) is 6.04 Å². The molecule has 10 heteroatoms. The molecule has 0 unspecified atom stereocenters. The van der Waals surface area contributed by atoms with Gasteiger partial charge in [-0.3, -0.25) is 9.59 Å². The Morgan fingerprint density at radius 1 is 1.19 bits per heavy atom. The number of aromatic nitrogens is 2. The van der Waals surface area contributed by atoms with Crippen molar-refractivity contribution in [2.75, 3.05) is 6.54 Å². The lowest BCUT2D eigenvalue weighted by atomic mass is 10.0. The Morgan fingerprint density at radius 2 is 1.81 bits per heavy atom. The molecule has 1 heterocycles. The number of halogens is 2. The average molecular weight is 374 g/mol. The van der Waals surface area contributed by atoms with Crippen molar-refractivity contribution in [2.24, 2.45) is 5.92 Å². The molecule has 0 saturated carbocycles. The monoisotopic (exact) mass is 374 g/mol. The maximum absolute atomic E-state index is 12.8. The minimum atomic E-state index is -2.80. The van der Waals surface area contributed by atoms with Gasteiger partial charge in [-0.1, -0.05) is 13.8 Å². The standard InChI is InChI=1S/C16H24F2N4O4/c1-8(2)5-12(15(25)26)20-14(24)7-19-13(23)6-11-9(3)21-22(10(11)4)16(17)18/h8,12,16H,5-7H2,1-4H3,(H,19,23)(H,20,24)(H,25,26)/t12-/m0/s1. The molecule has 0 aromatic carbocycles. The van der Waals surface area contributed by atoms with Crippen LogP contribution >= 0.6 is 0 Å². The average Bonchev–Trinajstić information content (AvgIpc) is 2.80. The molecular formula is C16H24F2N4O4. The summed E-state index contributed by atoms with van der Waals surface area (Å²) in [6.45, 7) is 3.41. The number of aliphatic carboxylic acids is 1. The van der Waals surface area contributed by atoms with E-state index in [0.29, 0.717) is 15.9 Å². The number of carboxylic acid groups (broad SMARTS) is 1. The predicted molar refractivity (Wildman–Crippen MR) is 88.7 cm³/mol. The van der Waals surface area contributed by atoms with E-state index >= 15 is 0 Å². The maximum atomic E-state index is 12.8. The molecule has 146 valence electrons. The van der Waals surface area contributed by atoms with Crippen molar-refractivity contribution >= 4 is 17.8 Å². The number of hydrogen-bond donors (Lipinski definition) is 3. The van der Waals surface area contributed by atoms with E-state index in [1.807, 2.05) is 13.8 Å². The number of hydrogen-bond acceptors (Lipinski definition) is 4. The van der Waals surface area contributed by atoms with Crippen LogP contribution in [-0.4, -0.2) is 45.3 Å². The third-order valence-electron chi connectivity index (χ3n) is 3.78. The summed E-state index contributed by atoms with van der Waals surface area (Å²) in [5, 5.41) is 17.5. The van der Waals surface area contributed by atoms with Gasteiger partial charge in [-0.15, -0.1) is 0 Å². The predicted octanol–water partition coefficient (Wildman–Crippen LogP) is 1.17. The second-order valence-corrected chi connectivity index (χ2v) is 6.41. The van der Waals surface area contributed by atoms with Gasteiger partial charge in [0.05, 0.1) is 18.7 Å². The van der Waals surface area contributed by atoms with E-state index in [9.17, 15) is 23.2 Å². The van der Waals surface area contributed by atoms with Gasteiger partial charge in [0.2, 0.25) is 11.8 Å². The largest absolute Gasteiger partial charge is 0.480 e. The molecule has 0 bridgehead atoms. The van der Waals surface area contributed by atoms with E-state index in [1.54, 1.807) is 0 Å². The molecule has 1 aromatic rings. The zero-order chi connectivity index (χ0) is 20.0. The first-order chi connectivity index (χ1) is 12.0. The molecule has 0 spiro atoms. The van der Waals surface area contributed by atoms with Crippen LogP contribution in [0.5, 0.6) is 0 Å². The van der Waals surface area contributed by atoms with Crippen LogP contribution in [0.2, 0.25) is 0 Å². The van der Waals surface area contributed by atoms with Crippen molar-refractivity contribution in [2.45, 2.75) is 53.1 Å². The number of aryl methyl sites for hydroxylation is 1. The summed E-state index contributed by atoms with van der Waals surface area (Å²) in [4.78, 5) is 34.9. The first-order valence-corrected chi connectivity index (χ1v) is 8.14. The quantitative estimate of drug-likeness (QED) is 0.600. The fourth-order valence-corrected chi connectivity index (χ4v) is 2.48. The van der Waals surface area contributed by atoms with Crippen molar-refractivity contribution in [1.82, 2.24) is 20.4 Å². The van der Waals surface area contributed by atoms with E-state index in [0.717, 1.165) is 0 Å². The van der Waals surface area contributed by atoms with E-state index in [4.69, 9.17) is 5.11 Å². The maximum Gasteiger partial charge on any atom is 0.333 e. The van der Waals surface area contributed by atoms with Gasteiger partial charge in [0.15, 0.2) is 0 Å². The Hall–Kier alpha value is -2.52. The lowest BCUT2D eigenvalue weighted by Crippen LogP contribution is -2.46. The Bertz CT molecular complexity index is 673. The Kier molecular flexibility index (Phi) is 7.66. The van der Waals surface area contributed by atoms with Crippen LogP contribution in [0.25, 0.3) is 0 Å². The van der Waals surface area contributed by atoms with Crippen LogP contribution in [0.1, 0.15) is 43.8 Å². The summed E-state index contributed by atoms with van der Waals surface area (Å²) in [6, 6.07) is -1.03. The van der Waals surface area contributed by atoms with Crippen molar-refractivity contribution in [3.05, 3.63) is 17.0 Å². The zero-order valence-electron chi connectivity index (χ0n) is 15.2. The Balaban J connectivity index is 2.59. The zero-order valence-corrected chi connectivity index (χ0v) is 15.2. The van der Waals surface area contributed by atoms with Crippen molar-refractivity contribution < 1.29 is 28.3 Å². The van der Waals surface area contributed by atoms with Gasteiger partial charge in [0.25, 0.3) is 0 Å². The summed E-state index contributed by atoms with van der Waals surface area (Å²) in [7, 11) is 0. The van der Waals surface area contributed by atoms with Gasteiger partial charge in [-0.25, -0.2) is 9.48 Å². The molecule has 1 rings (SSSR count). The van der Waals surface area contributed by atoms with Gasteiger partial charge in [0, 0.05) is 11.3 Å². The van der Waals surface area contributed by atoms with Gasteiger partial charge in [-0.2, -0.15) is 13.9 Å². The number of carboxylic acids is 1. The number of carbonyl (C=O) groups is 3. The van der Waals surface area contributed by atoms with Crippen LogP contribution in [0.3, 0.4) is 0 Å². The fraction of sp³-hybridized carbons (Fsp3) is 0.625. The lowest BCUT2D eigenvalue weighted by molar-refractivity contribution is -0.142. The highest BCUT2D eigenvalue weighted by atomic mass is 19.3. The van der Waals surface area contributed by atoms with E-state index in [1.165, 1.54) is 13.8 Å². The smallest absolute Gasteiger partial charge is 0.333 e. The van der Waals surface area contributed by atoms with Crippen LogP contribution < -0.4 is 10.6 Å². The van der Waals surface area contributed by atoms with Crippen LogP contribution in [-0.2, 0) is 20.8 Å². The third kappa shape index (κ3) is 6.08. The number of nitrogens with zero attached hydrogens (tertiary/aromatic N) is 2. The molecule has 0 saturated heterocycles. The second-order valence-electron chi connectivity index (χ2n) is 6.41. The minimum absolute atomic E-state index is 0.0725. The summed E-state index contributed by atoms with van der Waals surface area (Å²) in [5.41, 5.74) is 0.858.